The van der Waals surface area contributed by atoms with Crippen molar-refractivity contribution >= 4 is 17.7 Å². The molecule has 2 saturated carbocycles. The summed E-state index contributed by atoms with van der Waals surface area (Å²) in [6.07, 6.45) is 11.0. The van der Waals surface area contributed by atoms with Crippen LogP contribution in [0.1, 0.15) is 81.0 Å². The van der Waals surface area contributed by atoms with Crippen molar-refractivity contribution in [1.82, 2.24) is 15.5 Å². The van der Waals surface area contributed by atoms with Crippen molar-refractivity contribution < 1.29 is 14.4 Å². The third-order valence-electron chi connectivity index (χ3n) is 7.58. The van der Waals surface area contributed by atoms with E-state index in [1.54, 1.807) is 0 Å². The van der Waals surface area contributed by atoms with E-state index in [9.17, 15) is 14.4 Å². The first-order valence-corrected chi connectivity index (χ1v) is 12.6. The second-order valence-corrected chi connectivity index (χ2v) is 9.78. The van der Waals surface area contributed by atoms with Gasteiger partial charge in [0.1, 0.15) is 0 Å². The molecule has 0 spiro atoms. The summed E-state index contributed by atoms with van der Waals surface area (Å²) in [5, 5.41) is 6.39. The molecule has 2 atom stereocenters. The van der Waals surface area contributed by atoms with Crippen LogP contribution in [0.5, 0.6) is 0 Å². The van der Waals surface area contributed by atoms with E-state index >= 15 is 0 Å². The Labute approximate surface area is 191 Å². The molecule has 0 bridgehead atoms. The largest absolute Gasteiger partial charge is 0.351 e. The van der Waals surface area contributed by atoms with Gasteiger partial charge in [-0.15, -0.1) is 0 Å². The van der Waals surface area contributed by atoms with Gasteiger partial charge in [-0.3, -0.25) is 14.4 Å². The first kappa shape index (κ1) is 22.8. The van der Waals surface area contributed by atoms with Gasteiger partial charge in [0.05, 0.1) is 0 Å². The molecule has 3 amide bonds. The molecule has 1 aliphatic heterocycles. The first-order chi connectivity index (χ1) is 15.6. The average Bonchev–Trinajstić information content (AvgIpc) is 2.86. The molecule has 1 aromatic rings. The molecule has 0 unspecified atom stereocenters. The highest BCUT2D eigenvalue weighted by molar-refractivity contribution is 5.94. The SMILES string of the molecule is O=C(N[C@@H]1CCCC[C@H]1NC(=O)C1CCN(C(=O)C2CCCCC2)CC1)c1ccccc1. The molecule has 6 nitrogen and oxygen atoms in total. The van der Waals surface area contributed by atoms with Crippen LogP contribution in [0.2, 0.25) is 0 Å². The summed E-state index contributed by atoms with van der Waals surface area (Å²) in [5.41, 5.74) is 0.651. The molecule has 6 heteroatoms. The Morgan fingerprint density at radius 3 is 1.94 bits per heavy atom. The van der Waals surface area contributed by atoms with Gasteiger partial charge in [-0.1, -0.05) is 50.3 Å². The normalized spacial score (nSPS) is 25.2. The molecule has 32 heavy (non-hydrogen) atoms. The summed E-state index contributed by atoms with van der Waals surface area (Å²) in [6.45, 7) is 1.37. The Morgan fingerprint density at radius 1 is 0.688 bits per heavy atom. The molecule has 174 valence electrons. The van der Waals surface area contributed by atoms with Gasteiger partial charge in [0.2, 0.25) is 11.8 Å². The Kier molecular flexibility index (Phi) is 7.82. The molecular weight excluding hydrogens is 402 g/mol. The van der Waals surface area contributed by atoms with Crippen molar-refractivity contribution in [3.8, 4) is 0 Å². The minimum Gasteiger partial charge on any atom is -0.351 e. The fraction of sp³-hybridized carbons (Fsp3) is 0.654. The molecule has 0 aromatic heterocycles. The summed E-state index contributed by atoms with van der Waals surface area (Å²) in [5.74, 6) is 0.467. The Hall–Kier alpha value is -2.37. The van der Waals surface area contributed by atoms with Crippen molar-refractivity contribution in [2.75, 3.05) is 13.1 Å². The van der Waals surface area contributed by atoms with Gasteiger partial charge in [0.25, 0.3) is 5.91 Å². The highest BCUT2D eigenvalue weighted by Gasteiger charge is 2.34. The number of piperidine rings is 1. The number of likely N-dealkylation sites (tertiary alicyclic amines) is 1. The highest BCUT2D eigenvalue weighted by atomic mass is 16.2. The van der Waals surface area contributed by atoms with Gasteiger partial charge in [-0.2, -0.15) is 0 Å². The molecule has 2 aliphatic carbocycles. The number of hydrogen-bond acceptors (Lipinski definition) is 3. The van der Waals surface area contributed by atoms with Crippen LogP contribution < -0.4 is 10.6 Å². The highest BCUT2D eigenvalue weighted by Crippen LogP contribution is 2.28. The summed E-state index contributed by atoms with van der Waals surface area (Å²) in [4.78, 5) is 40.4. The number of hydrogen-bond donors (Lipinski definition) is 2. The molecule has 1 saturated heterocycles. The molecular formula is C26H37N3O3. The number of amides is 3. The van der Waals surface area contributed by atoms with Crippen molar-refractivity contribution in [3.63, 3.8) is 0 Å². The van der Waals surface area contributed by atoms with Crippen LogP contribution in [-0.4, -0.2) is 47.8 Å². The first-order valence-electron chi connectivity index (χ1n) is 12.6. The van der Waals surface area contributed by atoms with Gasteiger partial charge in [-0.25, -0.2) is 0 Å². The number of rotatable bonds is 5. The Balaban J connectivity index is 1.27. The van der Waals surface area contributed by atoms with E-state index in [2.05, 4.69) is 10.6 Å². The van der Waals surface area contributed by atoms with Crippen molar-refractivity contribution in [2.24, 2.45) is 11.8 Å². The number of nitrogens with one attached hydrogen (secondary N) is 2. The zero-order valence-electron chi connectivity index (χ0n) is 19.1. The lowest BCUT2D eigenvalue weighted by Gasteiger charge is -2.37. The lowest BCUT2D eigenvalue weighted by atomic mass is 9.86. The van der Waals surface area contributed by atoms with E-state index in [0.29, 0.717) is 24.6 Å². The monoisotopic (exact) mass is 439 g/mol. The van der Waals surface area contributed by atoms with Crippen LogP contribution in [0.3, 0.4) is 0 Å². The third kappa shape index (κ3) is 5.70. The quantitative estimate of drug-likeness (QED) is 0.735. The average molecular weight is 440 g/mol. The zero-order valence-corrected chi connectivity index (χ0v) is 19.1. The van der Waals surface area contributed by atoms with Gasteiger partial charge >= 0.3 is 0 Å². The van der Waals surface area contributed by atoms with Gasteiger partial charge in [0, 0.05) is 42.6 Å². The maximum absolute atomic E-state index is 13.0. The van der Waals surface area contributed by atoms with Crippen molar-refractivity contribution in [3.05, 3.63) is 35.9 Å². The summed E-state index contributed by atoms with van der Waals surface area (Å²) < 4.78 is 0. The second kappa shape index (κ2) is 11.0. The Morgan fingerprint density at radius 2 is 1.28 bits per heavy atom. The fourth-order valence-electron chi connectivity index (χ4n) is 5.59. The van der Waals surface area contributed by atoms with Crippen LogP contribution >= 0.6 is 0 Å². The van der Waals surface area contributed by atoms with Crippen LogP contribution in [0, 0.1) is 11.8 Å². The fourth-order valence-corrected chi connectivity index (χ4v) is 5.59. The lowest BCUT2D eigenvalue weighted by molar-refractivity contribution is -0.140. The van der Waals surface area contributed by atoms with Crippen LogP contribution in [-0.2, 0) is 9.59 Å². The van der Waals surface area contributed by atoms with E-state index in [1.807, 2.05) is 35.2 Å². The second-order valence-electron chi connectivity index (χ2n) is 9.78. The third-order valence-corrected chi connectivity index (χ3v) is 7.58. The number of nitrogens with zero attached hydrogens (tertiary/aromatic N) is 1. The maximum atomic E-state index is 13.0. The minimum absolute atomic E-state index is 0.0224. The van der Waals surface area contributed by atoms with E-state index in [-0.39, 0.29) is 35.7 Å². The van der Waals surface area contributed by atoms with E-state index < -0.39 is 0 Å². The van der Waals surface area contributed by atoms with Crippen molar-refractivity contribution in [2.45, 2.75) is 82.7 Å². The topological polar surface area (TPSA) is 78.5 Å². The van der Waals surface area contributed by atoms with Gasteiger partial charge in [0.15, 0.2) is 0 Å². The predicted molar refractivity (Wildman–Crippen MR) is 124 cm³/mol. The minimum atomic E-state index is -0.0775. The van der Waals surface area contributed by atoms with Gasteiger partial charge < -0.3 is 15.5 Å². The predicted octanol–water partition coefficient (Wildman–Crippen LogP) is 3.66. The molecule has 1 aromatic carbocycles. The summed E-state index contributed by atoms with van der Waals surface area (Å²) >= 11 is 0. The Bertz CT molecular complexity index is 783. The molecule has 3 aliphatic rings. The number of benzene rings is 1. The van der Waals surface area contributed by atoms with E-state index in [0.717, 1.165) is 51.4 Å². The molecule has 2 N–H and O–H groups in total. The molecule has 1 heterocycles. The van der Waals surface area contributed by atoms with Crippen LogP contribution in [0.15, 0.2) is 30.3 Å². The summed E-state index contributed by atoms with van der Waals surface area (Å²) in [6, 6.07) is 9.19. The molecule has 4 rings (SSSR count). The number of carbonyl (C=O) groups is 3. The van der Waals surface area contributed by atoms with Crippen LogP contribution in [0.25, 0.3) is 0 Å². The van der Waals surface area contributed by atoms with Gasteiger partial charge in [-0.05, 0) is 50.7 Å². The van der Waals surface area contributed by atoms with Crippen LogP contribution in [0.4, 0.5) is 0 Å². The summed E-state index contributed by atoms with van der Waals surface area (Å²) in [7, 11) is 0. The maximum Gasteiger partial charge on any atom is 0.251 e. The van der Waals surface area contributed by atoms with E-state index in [1.165, 1.54) is 19.3 Å². The zero-order chi connectivity index (χ0) is 22.3. The van der Waals surface area contributed by atoms with E-state index in [4.69, 9.17) is 0 Å². The van der Waals surface area contributed by atoms with Crippen molar-refractivity contribution in [1.29, 1.82) is 0 Å². The number of carbonyl (C=O) groups excluding carboxylic acids is 3. The molecule has 3 fully saturated rings. The standard InChI is InChI=1S/C26H37N3O3/c30-24(19-9-3-1-4-10-19)27-22-13-7-8-14-23(22)28-25(31)20-15-17-29(18-16-20)26(32)21-11-5-2-6-12-21/h1,3-4,9-10,20-23H,2,5-8,11-18H2,(H,27,30)(H,28,31)/t22-,23-/m1/s1. The lowest BCUT2D eigenvalue weighted by Crippen LogP contribution is -2.55. The molecule has 0 radical (unpaired) electrons. The smallest absolute Gasteiger partial charge is 0.251 e.